The van der Waals surface area contributed by atoms with Crippen LogP contribution in [-0.2, 0) is 0 Å². The Hall–Kier alpha value is -0.820. The van der Waals surface area contributed by atoms with Gasteiger partial charge in [0.15, 0.2) is 5.11 Å². The van der Waals surface area contributed by atoms with Crippen LogP contribution in [0.15, 0.2) is 0 Å². The van der Waals surface area contributed by atoms with Crippen LogP contribution < -0.4 is 5.73 Å². The van der Waals surface area contributed by atoms with Gasteiger partial charge in [0, 0.05) is 13.6 Å². The predicted octanol–water partition coefficient (Wildman–Crippen LogP) is 0.321. The maximum atomic E-state index is 8.40. The fourth-order valence-electron chi connectivity index (χ4n) is 0.542. The van der Waals surface area contributed by atoms with Gasteiger partial charge >= 0.3 is 0 Å². The second kappa shape index (κ2) is 4.07. The van der Waals surface area contributed by atoms with Crippen LogP contribution in [0.4, 0.5) is 0 Å². The van der Waals surface area contributed by atoms with Gasteiger partial charge in [0.2, 0.25) is 0 Å². The standard InChI is InChI=1S/C6H11N3S/c1-5(3-7)4-9(2)6(8)10/h5H,4H2,1-2H3,(H2,8,10). The largest absolute Gasteiger partial charge is 0.376 e. The first kappa shape index (κ1) is 9.18. The highest BCUT2D eigenvalue weighted by atomic mass is 32.1. The molecule has 10 heavy (non-hydrogen) atoms. The fraction of sp³-hybridized carbons (Fsp3) is 0.667. The van der Waals surface area contributed by atoms with Gasteiger partial charge in [-0.15, -0.1) is 0 Å². The zero-order valence-corrected chi connectivity index (χ0v) is 6.98. The molecule has 0 aromatic heterocycles. The molecule has 0 radical (unpaired) electrons. The molecule has 0 heterocycles. The minimum absolute atomic E-state index is 0.0218. The highest BCUT2D eigenvalue weighted by Gasteiger charge is 2.04. The summed E-state index contributed by atoms with van der Waals surface area (Å²) in [6.07, 6.45) is 0. The van der Waals surface area contributed by atoms with E-state index in [0.717, 1.165) is 0 Å². The average molecular weight is 157 g/mol. The van der Waals surface area contributed by atoms with Crippen LogP contribution in [0.1, 0.15) is 6.92 Å². The van der Waals surface area contributed by atoms with Gasteiger partial charge < -0.3 is 10.6 Å². The van der Waals surface area contributed by atoms with Crippen molar-refractivity contribution >= 4 is 17.3 Å². The molecule has 0 aliphatic rings. The summed E-state index contributed by atoms with van der Waals surface area (Å²) < 4.78 is 0. The van der Waals surface area contributed by atoms with Crippen LogP contribution >= 0.6 is 12.2 Å². The lowest BCUT2D eigenvalue weighted by Crippen LogP contribution is -2.34. The van der Waals surface area contributed by atoms with E-state index in [1.807, 2.05) is 6.92 Å². The zero-order chi connectivity index (χ0) is 8.15. The number of nitriles is 1. The number of rotatable bonds is 2. The highest BCUT2D eigenvalue weighted by molar-refractivity contribution is 7.80. The molecule has 0 saturated carbocycles. The molecule has 0 aliphatic carbocycles. The maximum Gasteiger partial charge on any atom is 0.166 e. The molecule has 0 aromatic rings. The second-order valence-electron chi connectivity index (χ2n) is 2.25. The van der Waals surface area contributed by atoms with Crippen LogP contribution in [0.5, 0.6) is 0 Å². The molecule has 4 heteroatoms. The van der Waals surface area contributed by atoms with E-state index in [1.165, 1.54) is 0 Å². The third-order valence-electron chi connectivity index (χ3n) is 1.14. The Kier molecular flexibility index (Phi) is 3.74. The number of nitrogens with zero attached hydrogens (tertiary/aromatic N) is 2. The summed E-state index contributed by atoms with van der Waals surface area (Å²) in [6.45, 7) is 2.43. The number of hydrogen-bond donors (Lipinski definition) is 1. The third kappa shape index (κ3) is 3.25. The molecule has 0 amide bonds. The van der Waals surface area contributed by atoms with Crippen LogP contribution in [0.2, 0.25) is 0 Å². The second-order valence-corrected chi connectivity index (χ2v) is 2.67. The van der Waals surface area contributed by atoms with Crippen molar-refractivity contribution in [3.05, 3.63) is 0 Å². The molecule has 0 spiro atoms. The minimum atomic E-state index is -0.0218. The van der Waals surface area contributed by atoms with Gasteiger partial charge in [0.25, 0.3) is 0 Å². The molecule has 0 aromatic carbocycles. The lowest BCUT2D eigenvalue weighted by atomic mass is 10.2. The van der Waals surface area contributed by atoms with Crippen molar-refractivity contribution in [3.8, 4) is 6.07 Å². The summed E-state index contributed by atoms with van der Waals surface area (Å²) in [4.78, 5) is 1.68. The van der Waals surface area contributed by atoms with E-state index in [2.05, 4.69) is 18.3 Å². The van der Waals surface area contributed by atoms with Crippen molar-refractivity contribution in [1.29, 1.82) is 5.26 Å². The summed E-state index contributed by atoms with van der Waals surface area (Å²) in [5, 5.41) is 8.74. The van der Waals surface area contributed by atoms with Crippen molar-refractivity contribution in [2.75, 3.05) is 13.6 Å². The minimum Gasteiger partial charge on any atom is -0.376 e. The first-order valence-corrected chi connectivity index (χ1v) is 3.39. The van der Waals surface area contributed by atoms with E-state index in [4.69, 9.17) is 11.0 Å². The van der Waals surface area contributed by atoms with Gasteiger partial charge in [-0.05, 0) is 19.1 Å². The Balaban J connectivity index is 3.70. The van der Waals surface area contributed by atoms with Gasteiger partial charge in [-0.3, -0.25) is 0 Å². The van der Waals surface area contributed by atoms with E-state index in [9.17, 15) is 0 Å². The van der Waals surface area contributed by atoms with E-state index in [0.29, 0.717) is 11.7 Å². The lowest BCUT2D eigenvalue weighted by molar-refractivity contribution is 0.457. The van der Waals surface area contributed by atoms with E-state index in [1.54, 1.807) is 11.9 Å². The molecule has 1 unspecified atom stereocenters. The summed E-state index contributed by atoms with van der Waals surface area (Å²) >= 11 is 4.68. The predicted molar refractivity (Wildman–Crippen MR) is 44.2 cm³/mol. The Labute approximate surface area is 66.4 Å². The third-order valence-corrected chi connectivity index (χ3v) is 1.46. The van der Waals surface area contributed by atoms with Crippen LogP contribution in [0, 0.1) is 17.2 Å². The normalized spacial score (nSPS) is 11.7. The zero-order valence-electron chi connectivity index (χ0n) is 6.16. The van der Waals surface area contributed by atoms with E-state index in [-0.39, 0.29) is 5.92 Å². The van der Waals surface area contributed by atoms with Gasteiger partial charge in [0.05, 0.1) is 12.0 Å². The Morgan fingerprint density at radius 2 is 2.40 bits per heavy atom. The van der Waals surface area contributed by atoms with Crippen LogP contribution in [0.3, 0.4) is 0 Å². The van der Waals surface area contributed by atoms with Crippen LogP contribution in [-0.4, -0.2) is 23.6 Å². The molecule has 0 fully saturated rings. The average Bonchev–Trinajstić information content (AvgIpc) is 1.87. The van der Waals surface area contributed by atoms with Gasteiger partial charge in [-0.2, -0.15) is 5.26 Å². The Bertz CT molecular complexity index is 161. The van der Waals surface area contributed by atoms with Crippen molar-refractivity contribution in [2.45, 2.75) is 6.92 Å². The maximum absolute atomic E-state index is 8.40. The Morgan fingerprint density at radius 1 is 1.90 bits per heavy atom. The van der Waals surface area contributed by atoms with Gasteiger partial charge in [-0.1, -0.05) is 0 Å². The molecule has 0 saturated heterocycles. The summed E-state index contributed by atoms with van der Waals surface area (Å²) in [7, 11) is 1.77. The lowest BCUT2D eigenvalue weighted by Gasteiger charge is -2.17. The van der Waals surface area contributed by atoms with Gasteiger partial charge in [0.1, 0.15) is 0 Å². The molecular weight excluding hydrogens is 146 g/mol. The molecular formula is C6H11N3S. The number of hydrogen-bond acceptors (Lipinski definition) is 2. The molecule has 0 bridgehead atoms. The van der Waals surface area contributed by atoms with Gasteiger partial charge in [-0.25, -0.2) is 0 Å². The van der Waals surface area contributed by atoms with Crippen molar-refractivity contribution in [2.24, 2.45) is 11.7 Å². The summed E-state index contributed by atoms with van der Waals surface area (Å²) in [5.74, 6) is -0.0218. The monoisotopic (exact) mass is 157 g/mol. The molecule has 0 rings (SSSR count). The van der Waals surface area contributed by atoms with E-state index >= 15 is 0 Å². The Morgan fingerprint density at radius 3 is 2.70 bits per heavy atom. The fourth-order valence-corrected chi connectivity index (χ4v) is 0.616. The molecule has 0 aliphatic heterocycles. The van der Waals surface area contributed by atoms with Crippen molar-refractivity contribution < 1.29 is 0 Å². The summed E-state index contributed by atoms with van der Waals surface area (Å²) in [5.41, 5.74) is 5.29. The van der Waals surface area contributed by atoms with Crippen LogP contribution in [0.25, 0.3) is 0 Å². The smallest absolute Gasteiger partial charge is 0.166 e. The first-order valence-electron chi connectivity index (χ1n) is 2.98. The highest BCUT2D eigenvalue weighted by Crippen LogP contribution is 1.94. The number of nitrogens with two attached hydrogens (primary N) is 1. The molecule has 56 valence electrons. The SMILES string of the molecule is CC(C#N)CN(C)C(N)=S. The van der Waals surface area contributed by atoms with E-state index < -0.39 is 0 Å². The topological polar surface area (TPSA) is 53.0 Å². The molecule has 3 nitrogen and oxygen atoms in total. The van der Waals surface area contributed by atoms with Crippen molar-refractivity contribution in [1.82, 2.24) is 4.90 Å². The molecule has 2 N–H and O–H groups in total. The summed E-state index contributed by atoms with van der Waals surface area (Å²) in [6, 6.07) is 2.09. The van der Waals surface area contributed by atoms with Crippen molar-refractivity contribution in [3.63, 3.8) is 0 Å². The number of thiocarbonyl (C=S) groups is 1. The quantitative estimate of drug-likeness (QED) is 0.587. The first-order chi connectivity index (χ1) is 4.57. The molecule has 1 atom stereocenters.